The summed E-state index contributed by atoms with van der Waals surface area (Å²) in [7, 11) is 0. The summed E-state index contributed by atoms with van der Waals surface area (Å²) in [6, 6.07) is 0.322. The van der Waals surface area contributed by atoms with Gasteiger partial charge >= 0.3 is 6.03 Å². The van der Waals surface area contributed by atoms with Gasteiger partial charge in [0.1, 0.15) is 0 Å². The summed E-state index contributed by atoms with van der Waals surface area (Å²) in [4.78, 5) is 16.8. The zero-order valence-electron chi connectivity index (χ0n) is 13.1. The van der Waals surface area contributed by atoms with Crippen molar-refractivity contribution in [2.45, 2.75) is 64.7 Å². The molecule has 0 bridgehead atoms. The second-order valence-electron chi connectivity index (χ2n) is 7.50. The van der Waals surface area contributed by atoms with Crippen LogP contribution in [0.25, 0.3) is 0 Å². The summed E-state index contributed by atoms with van der Waals surface area (Å²) in [5.41, 5.74) is 0.603. The predicted octanol–water partition coefficient (Wildman–Crippen LogP) is 3.88. The predicted molar refractivity (Wildman–Crippen MR) is 81.7 cm³/mol. The van der Waals surface area contributed by atoms with Crippen molar-refractivity contribution in [2.75, 3.05) is 26.2 Å². The molecular weight excluding hydrogens is 248 g/mol. The van der Waals surface area contributed by atoms with Gasteiger partial charge in [-0.2, -0.15) is 0 Å². The van der Waals surface area contributed by atoms with Gasteiger partial charge in [0.25, 0.3) is 0 Å². The van der Waals surface area contributed by atoms with E-state index in [1.807, 2.05) is 0 Å². The van der Waals surface area contributed by atoms with Gasteiger partial charge in [0.2, 0.25) is 0 Å². The Bertz CT molecular complexity index is 331. The largest absolute Gasteiger partial charge is 0.325 e. The maximum absolute atomic E-state index is 12.6. The SMILES string of the molecule is CC1CCN(C(=O)N2CCC3(CCCCC3)CC2)CC1. The quantitative estimate of drug-likeness (QED) is 0.659. The number of likely N-dealkylation sites (tertiary alicyclic amines) is 2. The first-order valence-electron chi connectivity index (χ1n) is 8.72. The number of carbonyl (C=O) groups is 1. The van der Waals surface area contributed by atoms with E-state index in [4.69, 9.17) is 0 Å². The number of nitrogens with zero attached hydrogens (tertiary/aromatic N) is 2. The lowest BCUT2D eigenvalue weighted by Crippen LogP contribution is -2.51. The molecule has 0 radical (unpaired) electrons. The molecule has 2 saturated heterocycles. The normalized spacial score (nSPS) is 27.9. The zero-order valence-corrected chi connectivity index (χ0v) is 13.1. The summed E-state index contributed by atoms with van der Waals surface area (Å²) in [5, 5.41) is 0. The van der Waals surface area contributed by atoms with Crippen molar-refractivity contribution < 1.29 is 4.79 Å². The van der Waals surface area contributed by atoms with Crippen LogP contribution in [0.1, 0.15) is 64.7 Å². The summed E-state index contributed by atoms with van der Waals surface area (Å²) in [6.07, 6.45) is 12.0. The molecule has 3 rings (SSSR count). The molecule has 114 valence electrons. The molecule has 1 spiro atoms. The van der Waals surface area contributed by atoms with Crippen molar-refractivity contribution in [3.63, 3.8) is 0 Å². The third kappa shape index (κ3) is 2.96. The molecule has 20 heavy (non-hydrogen) atoms. The van der Waals surface area contributed by atoms with Crippen molar-refractivity contribution >= 4 is 6.03 Å². The first kappa shape index (κ1) is 14.2. The number of rotatable bonds is 0. The molecule has 0 N–H and O–H groups in total. The van der Waals surface area contributed by atoms with Crippen LogP contribution in [0.15, 0.2) is 0 Å². The summed E-state index contributed by atoms with van der Waals surface area (Å²) >= 11 is 0. The molecule has 1 saturated carbocycles. The van der Waals surface area contributed by atoms with Crippen molar-refractivity contribution in [1.29, 1.82) is 0 Å². The standard InChI is InChI=1S/C17H30N2O/c1-15-5-11-18(12-6-15)16(20)19-13-9-17(10-14-19)7-3-2-4-8-17/h15H,2-14H2,1H3. The molecule has 0 aromatic heterocycles. The minimum atomic E-state index is 0.322. The van der Waals surface area contributed by atoms with E-state index in [2.05, 4.69) is 16.7 Å². The van der Waals surface area contributed by atoms with Crippen LogP contribution in [0.3, 0.4) is 0 Å². The second kappa shape index (κ2) is 5.95. The summed E-state index contributed by atoms with van der Waals surface area (Å²) in [6.45, 7) is 6.26. The number of piperidine rings is 2. The van der Waals surface area contributed by atoms with Gasteiger partial charge in [0.05, 0.1) is 0 Å². The van der Waals surface area contributed by atoms with Crippen LogP contribution in [0, 0.1) is 11.3 Å². The lowest BCUT2D eigenvalue weighted by atomic mass is 9.68. The fraction of sp³-hybridized carbons (Fsp3) is 0.941. The molecule has 2 heterocycles. The van der Waals surface area contributed by atoms with Gasteiger partial charge < -0.3 is 9.80 Å². The van der Waals surface area contributed by atoms with E-state index < -0.39 is 0 Å². The molecule has 3 aliphatic rings. The van der Waals surface area contributed by atoms with E-state index in [0.29, 0.717) is 11.4 Å². The van der Waals surface area contributed by atoms with E-state index >= 15 is 0 Å². The average molecular weight is 278 g/mol. The molecule has 3 heteroatoms. The van der Waals surface area contributed by atoms with Gasteiger partial charge in [-0.05, 0) is 49.9 Å². The van der Waals surface area contributed by atoms with E-state index in [9.17, 15) is 4.79 Å². The van der Waals surface area contributed by atoms with Crippen LogP contribution in [0.4, 0.5) is 4.79 Å². The minimum absolute atomic E-state index is 0.322. The van der Waals surface area contributed by atoms with Crippen LogP contribution in [0.2, 0.25) is 0 Å². The summed E-state index contributed by atoms with van der Waals surface area (Å²) in [5.74, 6) is 0.797. The van der Waals surface area contributed by atoms with E-state index in [1.54, 1.807) is 0 Å². The molecular formula is C17H30N2O. The first-order chi connectivity index (χ1) is 9.69. The number of hydrogen-bond donors (Lipinski definition) is 0. The lowest BCUT2D eigenvalue weighted by Gasteiger charge is -2.45. The Morgan fingerprint density at radius 3 is 2.00 bits per heavy atom. The van der Waals surface area contributed by atoms with Crippen LogP contribution in [-0.4, -0.2) is 42.0 Å². The van der Waals surface area contributed by atoms with Crippen LogP contribution < -0.4 is 0 Å². The zero-order chi connectivity index (χ0) is 14.0. The van der Waals surface area contributed by atoms with Crippen LogP contribution >= 0.6 is 0 Å². The molecule has 0 unspecified atom stereocenters. The molecule has 1 aliphatic carbocycles. The van der Waals surface area contributed by atoms with Gasteiger partial charge in [-0.25, -0.2) is 4.79 Å². The highest BCUT2D eigenvalue weighted by Gasteiger charge is 2.37. The topological polar surface area (TPSA) is 23.6 Å². The Balaban J connectivity index is 1.51. The molecule has 0 atom stereocenters. The van der Waals surface area contributed by atoms with Crippen LogP contribution in [-0.2, 0) is 0 Å². The average Bonchev–Trinajstić information content (AvgIpc) is 2.49. The molecule has 3 nitrogen and oxygen atoms in total. The number of carbonyl (C=O) groups excluding carboxylic acids is 1. The van der Waals surface area contributed by atoms with Crippen LogP contribution in [0.5, 0.6) is 0 Å². The van der Waals surface area contributed by atoms with Gasteiger partial charge in [-0.3, -0.25) is 0 Å². The van der Waals surface area contributed by atoms with E-state index in [-0.39, 0.29) is 0 Å². The monoisotopic (exact) mass is 278 g/mol. The number of hydrogen-bond acceptors (Lipinski definition) is 1. The maximum atomic E-state index is 12.6. The summed E-state index contributed by atoms with van der Waals surface area (Å²) < 4.78 is 0. The van der Waals surface area contributed by atoms with Gasteiger partial charge in [0.15, 0.2) is 0 Å². The highest BCUT2D eigenvalue weighted by atomic mass is 16.2. The fourth-order valence-corrected chi connectivity index (χ4v) is 4.37. The lowest BCUT2D eigenvalue weighted by molar-refractivity contribution is 0.0648. The van der Waals surface area contributed by atoms with Crippen molar-refractivity contribution in [3.8, 4) is 0 Å². The van der Waals surface area contributed by atoms with Crippen molar-refractivity contribution in [1.82, 2.24) is 9.80 Å². The minimum Gasteiger partial charge on any atom is -0.325 e. The van der Waals surface area contributed by atoms with Gasteiger partial charge in [0, 0.05) is 26.2 Å². The Morgan fingerprint density at radius 2 is 1.40 bits per heavy atom. The van der Waals surface area contributed by atoms with E-state index in [0.717, 1.165) is 32.1 Å². The Kier molecular flexibility index (Phi) is 4.23. The van der Waals surface area contributed by atoms with Crippen molar-refractivity contribution in [2.24, 2.45) is 11.3 Å². The molecule has 2 aliphatic heterocycles. The maximum Gasteiger partial charge on any atom is 0.319 e. The number of urea groups is 1. The Hall–Kier alpha value is -0.730. The Morgan fingerprint density at radius 1 is 0.850 bits per heavy atom. The molecule has 0 aromatic carbocycles. The third-order valence-electron chi connectivity index (χ3n) is 6.06. The smallest absolute Gasteiger partial charge is 0.319 e. The van der Waals surface area contributed by atoms with E-state index in [1.165, 1.54) is 57.8 Å². The number of amides is 2. The highest BCUT2D eigenvalue weighted by Crippen LogP contribution is 2.44. The molecule has 2 amide bonds. The molecule has 0 aromatic rings. The van der Waals surface area contributed by atoms with Gasteiger partial charge in [-0.15, -0.1) is 0 Å². The third-order valence-corrected chi connectivity index (χ3v) is 6.06. The first-order valence-corrected chi connectivity index (χ1v) is 8.72. The molecule has 3 fully saturated rings. The van der Waals surface area contributed by atoms with Gasteiger partial charge in [-0.1, -0.05) is 26.2 Å². The Labute approximate surface area is 123 Å². The van der Waals surface area contributed by atoms with Crippen molar-refractivity contribution in [3.05, 3.63) is 0 Å². The fourth-order valence-electron chi connectivity index (χ4n) is 4.37. The highest BCUT2D eigenvalue weighted by molar-refractivity contribution is 5.74. The second-order valence-corrected chi connectivity index (χ2v) is 7.50.